The molecule has 0 aliphatic heterocycles. The molecule has 130 valence electrons. The molecule has 2 aromatic rings. The van der Waals surface area contributed by atoms with Gasteiger partial charge in [-0.25, -0.2) is 9.59 Å². The zero-order valence-electron chi connectivity index (χ0n) is 14.1. The summed E-state index contributed by atoms with van der Waals surface area (Å²) in [5.41, 5.74) is 1.11. The highest BCUT2D eigenvalue weighted by molar-refractivity contribution is 5.90. The van der Waals surface area contributed by atoms with Gasteiger partial charge in [-0.05, 0) is 48.0 Å². The lowest BCUT2D eigenvalue weighted by Gasteiger charge is -2.06. The first-order valence-electron chi connectivity index (χ1n) is 7.37. The third-order valence-corrected chi connectivity index (χ3v) is 3.28. The summed E-state index contributed by atoms with van der Waals surface area (Å²) in [6.45, 7) is 0. The second-order valence-corrected chi connectivity index (χ2v) is 4.92. The quantitative estimate of drug-likeness (QED) is 0.456. The summed E-state index contributed by atoms with van der Waals surface area (Å²) < 4.78 is 20.1. The van der Waals surface area contributed by atoms with E-state index in [2.05, 4.69) is 4.74 Å². The number of rotatable bonds is 6. The molecule has 0 heterocycles. The molecule has 2 rings (SSSR count). The van der Waals surface area contributed by atoms with Gasteiger partial charge in [-0.15, -0.1) is 0 Å². The molecule has 0 bridgehead atoms. The number of carbonyl (C=O) groups excluding carboxylic acids is 2. The van der Waals surface area contributed by atoms with Crippen LogP contribution >= 0.6 is 0 Å². The normalized spacial score (nSPS) is 10.4. The van der Waals surface area contributed by atoms with Gasteiger partial charge in [0, 0.05) is 12.1 Å². The van der Waals surface area contributed by atoms with Crippen LogP contribution in [0.2, 0.25) is 0 Å². The Kier molecular flexibility index (Phi) is 6.17. The molecule has 0 fully saturated rings. The van der Waals surface area contributed by atoms with Gasteiger partial charge in [-0.1, -0.05) is 0 Å². The molecule has 0 N–H and O–H groups in total. The Hall–Kier alpha value is -3.28. The molecule has 6 heteroatoms. The topological polar surface area (TPSA) is 71.1 Å². The Balaban J connectivity index is 2.04. The van der Waals surface area contributed by atoms with Crippen LogP contribution < -0.4 is 14.2 Å². The molecule has 0 spiro atoms. The SMILES string of the molecule is COC(=O)c1ccc(OC(=O)/C=C/c2cc(OC)cc(OC)c2)cc1. The van der Waals surface area contributed by atoms with E-state index in [0.717, 1.165) is 5.56 Å². The van der Waals surface area contributed by atoms with Crippen molar-refractivity contribution in [3.05, 3.63) is 59.7 Å². The number of esters is 2. The van der Waals surface area contributed by atoms with Crippen molar-refractivity contribution in [2.45, 2.75) is 0 Å². The maximum Gasteiger partial charge on any atom is 0.337 e. The molecular formula is C19H18O6. The largest absolute Gasteiger partial charge is 0.497 e. The number of hydrogen-bond acceptors (Lipinski definition) is 6. The minimum atomic E-state index is -0.549. The monoisotopic (exact) mass is 342 g/mol. The average molecular weight is 342 g/mol. The van der Waals surface area contributed by atoms with E-state index in [1.54, 1.807) is 38.5 Å². The molecule has 0 aliphatic carbocycles. The second-order valence-electron chi connectivity index (χ2n) is 4.92. The molecule has 6 nitrogen and oxygen atoms in total. The predicted molar refractivity (Wildman–Crippen MR) is 92.0 cm³/mol. The minimum Gasteiger partial charge on any atom is -0.497 e. The highest BCUT2D eigenvalue weighted by Gasteiger charge is 2.06. The lowest BCUT2D eigenvalue weighted by atomic mass is 10.2. The van der Waals surface area contributed by atoms with Crippen LogP contribution in [0.3, 0.4) is 0 Å². The summed E-state index contributed by atoms with van der Waals surface area (Å²) in [5.74, 6) is 0.555. The van der Waals surface area contributed by atoms with Crippen molar-refractivity contribution >= 4 is 18.0 Å². The van der Waals surface area contributed by atoms with E-state index in [0.29, 0.717) is 22.8 Å². The van der Waals surface area contributed by atoms with Crippen LogP contribution in [-0.2, 0) is 9.53 Å². The van der Waals surface area contributed by atoms with E-state index < -0.39 is 11.9 Å². The Morgan fingerprint density at radius 2 is 1.44 bits per heavy atom. The van der Waals surface area contributed by atoms with E-state index in [-0.39, 0.29) is 0 Å². The highest BCUT2D eigenvalue weighted by Crippen LogP contribution is 2.23. The Bertz CT molecular complexity index is 755. The fourth-order valence-electron chi connectivity index (χ4n) is 2.02. The van der Waals surface area contributed by atoms with Crippen LogP contribution in [0.1, 0.15) is 15.9 Å². The van der Waals surface area contributed by atoms with Gasteiger partial charge in [-0.2, -0.15) is 0 Å². The van der Waals surface area contributed by atoms with Crippen LogP contribution in [0.5, 0.6) is 17.2 Å². The first-order chi connectivity index (χ1) is 12.0. The first kappa shape index (κ1) is 18.1. The van der Waals surface area contributed by atoms with Crippen molar-refractivity contribution in [3.63, 3.8) is 0 Å². The average Bonchev–Trinajstić information content (AvgIpc) is 2.66. The molecule has 0 unspecified atom stereocenters. The van der Waals surface area contributed by atoms with Gasteiger partial charge in [0.25, 0.3) is 0 Å². The molecule has 0 radical (unpaired) electrons. The van der Waals surface area contributed by atoms with Gasteiger partial charge in [0.2, 0.25) is 0 Å². The number of carbonyl (C=O) groups is 2. The maximum atomic E-state index is 11.9. The van der Waals surface area contributed by atoms with Crippen molar-refractivity contribution in [1.29, 1.82) is 0 Å². The summed E-state index contributed by atoms with van der Waals surface area (Å²) in [6.07, 6.45) is 2.89. The van der Waals surface area contributed by atoms with Gasteiger partial charge < -0.3 is 18.9 Å². The van der Waals surface area contributed by atoms with Gasteiger partial charge in [-0.3, -0.25) is 0 Å². The zero-order chi connectivity index (χ0) is 18.2. The Morgan fingerprint density at radius 3 is 1.96 bits per heavy atom. The van der Waals surface area contributed by atoms with Crippen LogP contribution in [0.15, 0.2) is 48.5 Å². The molecule has 0 atom stereocenters. The molecule has 25 heavy (non-hydrogen) atoms. The van der Waals surface area contributed by atoms with Crippen molar-refractivity contribution < 1.29 is 28.5 Å². The summed E-state index contributed by atoms with van der Waals surface area (Å²) >= 11 is 0. The van der Waals surface area contributed by atoms with E-state index in [9.17, 15) is 9.59 Å². The molecule has 2 aromatic carbocycles. The molecule has 0 amide bonds. The van der Waals surface area contributed by atoms with Crippen molar-refractivity contribution in [1.82, 2.24) is 0 Å². The van der Waals surface area contributed by atoms with Gasteiger partial charge in [0.15, 0.2) is 0 Å². The molecular weight excluding hydrogens is 324 g/mol. The van der Waals surface area contributed by atoms with E-state index in [4.69, 9.17) is 14.2 Å². The predicted octanol–water partition coefficient (Wildman–Crippen LogP) is 3.11. The fourth-order valence-corrected chi connectivity index (χ4v) is 2.02. The van der Waals surface area contributed by atoms with Crippen molar-refractivity contribution in [2.24, 2.45) is 0 Å². The van der Waals surface area contributed by atoms with Crippen LogP contribution in [0.4, 0.5) is 0 Å². The molecule has 0 aromatic heterocycles. The lowest BCUT2D eigenvalue weighted by Crippen LogP contribution is -2.05. The molecule has 0 saturated carbocycles. The smallest absolute Gasteiger partial charge is 0.337 e. The van der Waals surface area contributed by atoms with Crippen LogP contribution in [-0.4, -0.2) is 33.3 Å². The summed E-state index contributed by atoms with van der Waals surface area (Å²) in [5, 5.41) is 0. The standard InChI is InChI=1S/C19H18O6/c1-22-16-10-13(11-17(12-16)23-2)4-9-18(20)25-15-7-5-14(6-8-15)19(21)24-3/h4-12H,1-3H3/b9-4+. The summed E-state index contributed by atoms with van der Waals surface area (Å²) in [4.78, 5) is 23.3. The maximum absolute atomic E-state index is 11.9. The van der Waals surface area contributed by atoms with Gasteiger partial charge in [0.05, 0.1) is 26.9 Å². The minimum absolute atomic E-state index is 0.325. The molecule has 0 saturated heterocycles. The molecule has 0 aliphatic rings. The highest BCUT2D eigenvalue weighted by atomic mass is 16.5. The summed E-state index contributed by atoms with van der Waals surface area (Å²) in [6, 6.07) is 11.3. The number of ether oxygens (including phenoxy) is 4. The summed E-state index contributed by atoms with van der Waals surface area (Å²) in [7, 11) is 4.40. The van der Waals surface area contributed by atoms with E-state index >= 15 is 0 Å². The number of benzene rings is 2. The Labute approximate surface area is 145 Å². The number of methoxy groups -OCH3 is 3. The third-order valence-electron chi connectivity index (χ3n) is 3.28. The Morgan fingerprint density at radius 1 is 0.840 bits per heavy atom. The van der Waals surface area contributed by atoms with Gasteiger partial charge in [0.1, 0.15) is 17.2 Å². The second kappa shape index (κ2) is 8.54. The van der Waals surface area contributed by atoms with Crippen molar-refractivity contribution in [2.75, 3.05) is 21.3 Å². The lowest BCUT2D eigenvalue weighted by molar-refractivity contribution is -0.128. The van der Waals surface area contributed by atoms with Gasteiger partial charge >= 0.3 is 11.9 Å². The fraction of sp³-hybridized carbons (Fsp3) is 0.158. The van der Waals surface area contributed by atoms with Crippen molar-refractivity contribution in [3.8, 4) is 17.2 Å². The third kappa shape index (κ3) is 5.10. The first-order valence-corrected chi connectivity index (χ1v) is 7.37. The van der Waals surface area contributed by atoms with E-state index in [1.165, 1.54) is 37.5 Å². The van der Waals surface area contributed by atoms with Crippen LogP contribution in [0.25, 0.3) is 6.08 Å². The number of hydrogen-bond donors (Lipinski definition) is 0. The zero-order valence-corrected chi connectivity index (χ0v) is 14.1. The van der Waals surface area contributed by atoms with Crippen LogP contribution in [0, 0.1) is 0 Å². The van der Waals surface area contributed by atoms with E-state index in [1.807, 2.05) is 0 Å².